The predicted octanol–water partition coefficient (Wildman–Crippen LogP) is 2.81. The van der Waals surface area contributed by atoms with Gasteiger partial charge in [-0.2, -0.15) is 0 Å². The number of hydrogen-bond donors (Lipinski definition) is 1. The molecule has 0 spiro atoms. The second-order valence-electron chi connectivity index (χ2n) is 5.89. The van der Waals surface area contributed by atoms with Gasteiger partial charge in [0.2, 0.25) is 0 Å². The fourth-order valence-electron chi connectivity index (χ4n) is 2.90. The molecule has 1 saturated carbocycles. The third kappa shape index (κ3) is 2.78. The fourth-order valence-corrected chi connectivity index (χ4v) is 3.07. The Balaban J connectivity index is 1.59. The number of nitrogens with one attached hydrogen (secondary N) is 1. The minimum absolute atomic E-state index is 0.716. The highest BCUT2D eigenvalue weighted by molar-refractivity contribution is 6.30. The number of fused-ring (bicyclic) bond motifs is 1. The Morgan fingerprint density at radius 2 is 2.19 bits per heavy atom. The molecular formula is C16H19ClN4. The zero-order valence-electron chi connectivity index (χ0n) is 11.9. The fraction of sp³-hybridized carbons (Fsp3) is 0.438. The molecule has 0 amide bonds. The quantitative estimate of drug-likeness (QED) is 0.943. The van der Waals surface area contributed by atoms with E-state index in [-0.39, 0.29) is 0 Å². The van der Waals surface area contributed by atoms with E-state index >= 15 is 0 Å². The van der Waals surface area contributed by atoms with Crippen molar-refractivity contribution in [3.63, 3.8) is 0 Å². The molecule has 1 aliphatic heterocycles. The number of hydrogen-bond acceptors (Lipinski definition) is 3. The van der Waals surface area contributed by atoms with Crippen molar-refractivity contribution >= 4 is 17.3 Å². The van der Waals surface area contributed by atoms with Gasteiger partial charge in [0.25, 0.3) is 0 Å². The second kappa shape index (κ2) is 5.35. The number of nitrogens with zero attached hydrogens (tertiary/aromatic N) is 3. The van der Waals surface area contributed by atoms with Gasteiger partial charge in [-0.3, -0.25) is 0 Å². The van der Waals surface area contributed by atoms with Crippen molar-refractivity contribution in [1.82, 2.24) is 14.9 Å². The Labute approximate surface area is 129 Å². The van der Waals surface area contributed by atoms with Gasteiger partial charge in [-0.1, -0.05) is 17.7 Å². The lowest BCUT2D eigenvalue weighted by Gasteiger charge is -2.31. The zero-order chi connectivity index (χ0) is 14.2. The molecule has 1 aromatic carbocycles. The van der Waals surface area contributed by atoms with Crippen LogP contribution in [0.25, 0.3) is 0 Å². The number of rotatable bonds is 4. The van der Waals surface area contributed by atoms with E-state index in [1.54, 1.807) is 0 Å². The van der Waals surface area contributed by atoms with Crippen LogP contribution in [0.3, 0.4) is 0 Å². The van der Waals surface area contributed by atoms with Gasteiger partial charge in [0.15, 0.2) is 0 Å². The average molecular weight is 303 g/mol. The molecule has 1 aliphatic carbocycles. The molecule has 4 nitrogen and oxygen atoms in total. The van der Waals surface area contributed by atoms with Crippen LogP contribution < -0.4 is 10.2 Å². The minimum atomic E-state index is 0.716. The number of anilines is 1. The van der Waals surface area contributed by atoms with Gasteiger partial charge in [0.1, 0.15) is 5.82 Å². The van der Waals surface area contributed by atoms with E-state index in [4.69, 9.17) is 11.6 Å². The van der Waals surface area contributed by atoms with Gasteiger partial charge in [0, 0.05) is 48.8 Å². The van der Waals surface area contributed by atoms with E-state index in [0.717, 1.165) is 37.0 Å². The van der Waals surface area contributed by atoms with Crippen molar-refractivity contribution in [2.45, 2.75) is 38.5 Å². The summed E-state index contributed by atoms with van der Waals surface area (Å²) in [5, 5.41) is 4.40. The van der Waals surface area contributed by atoms with E-state index in [1.807, 2.05) is 12.3 Å². The van der Waals surface area contributed by atoms with Crippen molar-refractivity contribution in [2.75, 3.05) is 11.4 Å². The number of aromatic nitrogens is 2. The molecule has 2 aromatic rings. The van der Waals surface area contributed by atoms with Crippen LogP contribution in [0.2, 0.25) is 5.02 Å². The lowest BCUT2D eigenvalue weighted by molar-refractivity contribution is 0.557. The van der Waals surface area contributed by atoms with E-state index < -0.39 is 0 Å². The Kier molecular flexibility index (Phi) is 3.36. The first kappa shape index (κ1) is 13.2. The predicted molar refractivity (Wildman–Crippen MR) is 84.6 cm³/mol. The number of halogens is 1. The van der Waals surface area contributed by atoms with Gasteiger partial charge in [-0.15, -0.1) is 0 Å². The van der Waals surface area contributed by atoms with E-state index in [1.165, 1.54) is 24.1 Å². The Morgan fingerprint density at radius 1 is 1.29 bits per heavy atom. The Hall–Kier alpha value is -1.52. The lowest BCUT2D eigenvalue weighted by Crippen LogP contribution is -2.34. The highest BCUT2D eigenvalue weighted by Crippen LogP contribution is 2.29. The SMILES string of the molecule is Clc1ccc(CNC2CC2)c(N2CCn3ccnc3C2)c1. The average Bonchev–Trinajstić information content (AvgIpc) is 3.21. The molecule has 0 unspecified atom stereocenters. The molecular weight excluding hydrogens is 284 g/mol. The van der Waals surface area contributed by atoms with Gasteiger partial charge < -0.3 is 14.8 Å². The van der Waals surface area contributed by atoms with Crippen LogP contribution >= 0.6 is 11.6 Å². The maximum Gasteiger partial charge on any atom is 0.128 e. The van der Waals surface area contributed by atoms with Crippen LogP contribution in [0.4, 0.5) is 5.69 Å². The van der Waals surface area contributed by atoms with Crippen LogP contribution in [-0.2, 0) is 19.6 Å². The number of benzene rings is 1. The maximum atomic E-state index is 6.22. The highest BCUT2D eigenvalue weighted by Gasteiger charge is 2.22. The normalized spacial score (nSPS) is 17.9. The first-order valence-corrected chi connectivity index (χ1v) is 7.94. The van der Waals surface area contributed by atoms with Gasteiger partial charge in [-0.25, -0.2) is 4.98 Å². The summed E-state index contributed by atoms with van der Waals surface area (Å²) in [6, 6.07) is 6.94. The molecule has 0 bridgehead atoms. The van der Waals surface area contributed by atoms with Crippen LogP contribution in [0, 0.1) is 0 Å². The molecule has 0 radical (unpaired) electrons. The summed E-state index contributed by atoms with van der Waals surface area (Å²) in [6.07, 6.45) is 6.56. The molecule has 1 N–H and O–H groups in total. The second-order valence-corrected chi connectivity index (χ2v) is 6.32. The molecule has 21 heavy (non-hydrogen) atoms. The minimum Gasteiger partial charge on any atom is -0.362 e. The van der Waals surface area contributed by atoms with Crippen LogP contribution in [0.1, 0.15) is 24.2 Å². The summed E-state index contributed by atoms with van der Waals surface area (Å²) in [6.45, 7) is 3.75. The zero-order valence-corrected chi connectivity index (χ0v) is 12.7. The monoisotopic (exact) mass is 302 g/mol. The summed E-state index contributed by atoms with van der Waals surface area (Å²) in [5.41, 5.74) is 2.57. The van der Waals surface area contributed by atoms with Crippen LogP contribution in [0.5, 0.6) is 0 Å². The number of imidazole rings is 1. The first-order chi connectivity index (χ1) is 10.3. The van der Waals surface area contributed by atoms with Crippen molar-refractivity contribution in [1.29, 1.82) is 0 Å². The highest BCUT2D eigenvalue weighted by atomic mass is 35.5. The van der Waals surface area contributed by atoms with E-state index in [2.05, 4.69) is 38.1 Å². The topological polar surface area (TPSA) is 33.1 Å². The molecule has 0 saturated heterocycles. The summed E-state index contributed by atoms with van der Waals surface area (Å²) in [4.78, 5) is 6.83. The molecule has 0 atom stereocenters. The summed E-state index contributed by atoms with van der Waals surface area (Å²) >= 11 is 6.22. The van der Waals surface area contributed by atoms with Crippen LogP contribution in [-0.4, -0.2) is 22.1 Å². The Morgan fingerprint density at radius 3 is 3.05 bits per heavy atom. The standard InChI is InChI=1S/C16H19ClN4/c17-13-2-1-12(10-19-14-3-4-14)15(9-13)21-8-7-20-6-5-18-16(20)11-21/h1-2,5-6,9,14,19H,3-4,7-8,10-11H2. The molecule has 1 aromatic heterocycles. The van der Waals surface area contributed by atoms with Gasteiger partial charge in [0.05, 0.1) is 6.54 Å². The smallest absolute Gasteiger partial charge is 0.128 e. The van der Waals surface area contributed by atoms with Gasteiger partial charge >= 0.3 is 0 Å². The maximum absolute atomic E-state index is 6.22. The van der Waals surface area contributed by atoms with Crippen molar-refractivity contribution in [3.8, 4) is 0 Å². The van der Waals surface area contributed by atoms with Gasteiger partial charge in [-0.05, 0) is 30.5 Å². The summed E-state index contributed by atoms with van der Waals surface area (Å²) in [5.74, 6) is 1.13. The summed E-state index contributed by atoms with van der Waals surface area (Å²) in [7, 11) is 0. The van der Waals surface area contributed by atoms with E-state index in [0.29, 0.717) is 6.04 Å². The first-order valence-electron chi connectivity index (χ1n) is 7.56. The largest absolute Gasteiger partial charge is 0.362 e. The third-order valence-electron chi connectivity index (χ3n) is 4.29. The molecule has 5 heteroatoms. The summed E-state index contributed by atoms with van der Waals surface area (Å²) < 4.78 is 2.23. The van der Waals surface area contributed by atoms with Crippen molar-refractivity contribution in [2.24, 2.45) is 0 Å². The third-order valence-corrected chi connectivity index (χ3v) is 4.53. The molecule has 110 valence electrons. The molecule has 2 heterocycles. The molecule has 2 aliphatic rings. The van der Waals surface area contributed by atoms with Crippen LogP contribution in [0.15, 0.2) is 30.6 Å². The van der Waals surface area contributed by atoms with Crippen molar-refractivity contribution < 1.29 is 0 Å². The Bertz CT molecular complexity index is 647. The van der Waals surface area contributed by atoms with E-state index in [9.17, 15) is 0 Å². The molecule has 1 fully saturated rings. The molecule has 4 rings (SSSR count). The lowest BCUT2D eigenvalue weighted by atomic mass is 10.1. The van der Waals surface area contributed by atoms with Crippen molar-refractivity contribution in [3.05, 3.63) is 47.0 Å².